The lowest BCUT2D eigenvalue weighted by Gasteiger charge is -2.28. The predicted octanol–water partition coefficient (Wildman–Crippen LogP) is 5.11. The molecule has 1 N–H and O–H groups in total. The van der Waals surface area contributed by atoms with Crippen molar-refractivity contribution in [2.24, 2.45) is 0 Å². The Morgan fingerprint density at radius 3 is 2.51 bits per heavy atom. The van der Waals surface area contributed by atoms with Crippen LogP contribution in [0, 0.1) is 5.82 Å². The number of methoxy groups -OCH3 is 2. The lowest BCUT2D eigenvalue weighted by molar-refractivity contribution is -0.119. The van der Waals surface area contributed by atoms with E-state index in [0.29, 0.717) is 27.5 Å². The number of hydrogen-bond acceptors (Lipinski definition) is 7. The molecular formula is C28H25Cl2FN6O4. The number of ether oxygens (including phenoxy) is 2. The van der Waals surface area contributed by atoms with Crippen LogP contribution >= 0.6 is 23.2 Å². The second kappa shape index (κ2) is 11.3. The Morgan fingerprint density at radius 1 is 1.12 bits per heavy atom. The zero-order valence-electron chi connectivity index (χ0n) is 22.5. The highest BCUT2D eigenvalue weighted by Gasteiger charge is 2.46. The van der Waals surface area contributed by atoms with Crippen molar-refractivity contribution >= 4 is 40.7 Å². The number of carbonyl (C=O) groups is 2. The molecule has 41 heavy (non-hydrogen) atoms. The number of halogens is 3. The van der Waals surface area contributed by atoms with Crippen LogP contribution in [0.1, 0.15) is 53.1 Å². The number of hydrogen-bond donors (Lipinski definition) is 1. The van der Waals surface area contributed by atoms with Gasteiger partial charge in [0.15, 0.2) is 11.5 Å². The molecule has 0 fully saturated rings. The van der Waals surface area contributed by atoms with E-state index in [1.54, 1.807) is 30.3 Å². The summed E-state index contributed by atoms with van der Waals surface area (Å²) in [5.74, 6) is -1.73. The average Bonchev–Trinajstić information content (AvgIpc) is 3.48. The topological polar surface area (TPSA) is 111 Å². The lowest BCUT2D eigenvalue weighted by Crippen LogP contribution is -2.32. The van der Waals surface area contributed by atoms with Crippen molar-refractivity contribution in [3.63, 3.8) is 0 Å². The Labute approximate surface area is 245 Å². The number of nitrogens with one attached hydrogen (secondary N) is 1. The third-order valence-electron chi connectivity index (χ3n) is 6.73. The zero-order valence-corrected chi connectivity index (χ0v) is 24.0. The first-order valence-electron chi connectivity index (χ1n) is 12.5. The minimum atomic E-state index is -0.809. The largest absolute Gasteiger partial charge is 0.479 e. The number of fused-ring (bicyclic) bond motifs is 1. The second-order valence-corrected chi connectivity index (χ2v) is 10.2. The van der Waals surface area contributed by atoms with E-state index in [-0.39, 0.29) is 46.7 Å². The first-order valence-corrected chi connectivity index (χ1v) is 13.3. The van der Waals surface area contributed by atoms with E-state index in [4.69, 9.17) is 37.8 Å². The summed E-state index contributed by atoms with van der Waals surface area (Å²) in [6.45, 7) is 3.52. The van der Waals surface area contributed by atoms with Crippen molar-refractivity contribution in [3.05, 3.63) is 87.0 Å². The van der Waals surface area contributed by atoms with E-state index in [1.165, 1.54) is 49.1 Å². The van der Waals surface area contributed by atoms with Gasteiger partial charge < -0.3 is 14.8 Å². The molecule has 0 spiro atoms. The number of amides is 2. The van der Waals surface area contributed by atoms with Crippen LogP contribution < -0.4 is 19.7 Å². The molecule has 0 bridgehead atoms. The third kappa shape index (κ3) is 5.07. The van der Waals surface area contributed by atoms with E-state index in [9.17, 15) is 9.59 Å². The van der Waals surface area contributed by atoms with Crippen LogP contribution in [-0.4, -0.2) is 52.3 Å². The van der Waals surface area contributed by atoms with Crippen molar-refractivity contribution in [3.8, 4) is 17.6 Å². The summed E-state index contributed by atoms with van der Waals surface area (Å²) in [6, 6.07) is 10.7. The van der Waals surface area contributed by atoms with E-state index in [1.807, 2.05) is 6.92 Å². The van der Waals surface area contributed by atoms with Crippen LogP contribution in [-0.2, 0) is 4.79 Å². The van der Waals surface area contributed by atoms with Gasteiger partial charge in [-0.05, 0) is 29.8 Å². The predicted molar refractivity (Wildman–Crippen MR) is 151 cm³/mol. The highest BCUT2D eigenvalue weighted by atomic mass is 35.5. The van der Waals surface area contributed by atoms with Gasteiger partial charge in [0.2, 0.25) is 11.8 Å². The van der Waals surface area contributed by atoms with Crippen molar-refractivity contribution in [1.82, 2.24) is 25.1 Å². The van der Waals surface area contributed by atoms with Crippen LogP contribution in [0.4, 0.5) is 10.1 Å². The molecule has 2 aromatic carbocycles. The summed E-state index contributed by atoms with van der Waals surface area (Å²) >= 11 is 12.3. The van der Waals surface area contributed by atoms with Crippen LogP contribution in [0.5, 0.6) is 11.9 Å². The fourth-order valence-corrected chi connectivity index (χ4v) is 5.20. The third-order valence-corrected chi connectivity index (χ3v) is 7.27. The fourth-order valence-electron chi connectivity index (χ4n) is 4.91. The van der Waals surface area contributed by atoms with Crippen molar-refractivity contribution in [2.75, 3.05) is 25.7 Å². The van der Waals surface area contributed by atoms with Crippen molar-refractivity contribution in [1.29, 1.82) is 0 Å². The minimum Gasteiger partial charge on any atom is -0.479 e. The monoisotopic (exact) mass is 598 g/mol. The molecule has 2 atom stereocenters. The van der Waals surface area contributed by atoms with E-state index in [2.05, 4.69) is 15.3 Å². The SMILES string of the molecule is COc1ncc(-n2nc3c(c2C(C)CNC(C)=O)C(c2ccc(Cl)cc2)N(c2cccc(Cl)c2F)C3=O)c(OC)n1. The summed E-state index contributed by atoms with van der Waals surface area (Å²) in [4.78, 5) is 35.8. The summed E-state index contributed by atoms with van der Waals surface area (Å²) in [5.41, 5.74) is 2.18. The Kier molecular flexibility index (Phi) is 7.83. The number of rotatable bonds is 8. The molecule has 0 saturated heterocycles. The van der Waals surface area contributed by atoms with Crippen LogP contribution in [0.2, 0.25) is 10.0 Å². The molecule has 2 unspecified atom stereocenters. The zero-order chi connectivity index (χ0) is 29.4. The average molecular weight is 599 g/mol. The van der Waals surface area contributed by atoms with Gasteiger partial charge in [0.1, 0.15) is 5.69 Å². The molecular weight excluding hydrogens is 574 g/mol. The fraction of sp³-hybridized carbons (Fsp3) is 0.250. The highest BCUT2D eigenvalue weighted by Crippen LogP contribution is 2.47. The molecule has 1 aliphatic rings. The number of carbonyl (C=O) groups excluding carboxylic acids is 2. The number of aromatic nitrogens is 4. The van der Waals surface area contributed by atoms with Gasteiger partial charge >= 0.3 is 6.01 Å². The molecule has 10 nitrogen and oxygen atoms in total. The maximum Gasteiger partial charge on any atom is 0.319 e. The van der Waals surface area contributed by atoms with E-state index < -0.39 is 17.8 Å². The van der Waals surface area contributed by atoms with Gasteiger partial charge in [-0.2, -0.15) is 10.1 Å². The molecule has 0 saturated carbocycles. The molecule has 2 aromatic heterocycles. The van der Waals surface area contributed by atoms with Gasteiger partial charge in [-0.1, -0.05) is 48.3 Å². The normalized spacial score (nSPS) is 15.0. The van der Waals surface area contributed by atoms with Crippen molar-refractivity contribution in [2.45, 2.75) is 25.8 Å². The standard InChI is InChI=1S/C28H25Cl2FN6O4/c1-14(12-32-15(2)38)24-21-23(35-37(24)20-13-33-28(41-4)34-26(20)40-3)27(39)36(19-7-5-6-18(30)22(19)31)25(21)16-8-10-17(29)11-9-16/h5-11,13-14,25H,12H2,1-4H3,(H,32,38). The maximum absolute atomic E-state index is 15.4. The van der Waals surface area contributed by atoms with Gasteiger partial charge in [-0.15, -0.1) is 0 Å². The quantitative estimate of drug-likeness (QED) is 0.300. The van der Waals surface area contributed by atoms with E-state index in [0.717, 1.165) is 0 Å². The first-order chi connectivity index (χ1) is 19.7. The Balaban J connectivity index is 1.80. The smallest absolute Gasteiger partial charge is 0.319 e. The molecule has 0 radical (unpaired) electrons. The first kappa shape index (κ1) is 28.3. The molecule has 5 rings (SSSR count). The molecule has 13 heteroatoms. The van der Waals surface area contributed by atoms with Crippen LogP contribution in [0.25, 0.3) is 5.69 Å². The number of benzene rings is 2. The van der Waals surface area contributed by atoms with Gasteiger partial charge in [0.25, 0.3) is 5.91 Å². The Morgan fingerprint density at radius 2 is 1.85 bits per heavy atom. The van der Waals surface area contributed by atoms with Crippen molar-refractivity contribution < 1.29 is 23.5 Å². The van der Waals surface area contributed by atoms with Gasteiger partial charge in [0.05, 0.1) is 42.9 Å². The Hall–Kier alpha value is -4.22. The molecule has 212 valence electrons. The number of nitrogens with zero attached hydrogens (tertiary/aromatic N) is 5. The summed E-state index contributed by atoms with van der Waals surface area (Å²) < 4.78 is 27.6. The number of anilines is 1. The maximum atomic E-state index is 15.4. The molecule has 3 heterocycles. The van der Waals surface area contributed by atoms with Gasteiger partial charge in [0, 0.05) is 30.0 Å². The summed E-state index contributed by atoms with van der Waals surface area (Å²) in [6.07, 6.45) is 1.47. The van der Waals surface area contributed by atoms with Crippen LogP contribution in [0.3, 0.4) is 0 Å². The molecule has 2 amide bonds. The van der Waals surface area contributed by atoms with Gasteiger partial charge in [-0.3, -0.25) is 14.5 Å². The van der Waals surface area contributed by atoms with Crippen LogP contribution in [0.15, 0.2) is 48.7 Å². The van der Waals surface area contributed by atoms with Gasteiger partial charge in [-0.25, -0.2) is 14.1 Å². The second-order valence-electron chi connectivity index (χ2n) is 9.35. The lowest BCUT2D eigenvalue weighted by atomic mass is 9.93. The molecule has 1 aliphatic heterocycles. The van der Waals surface area contributed by atoms with E-state index >= 15 is 4.39 Å². The molecule has 0 aliphatic carbocycles. The Bertz CT molecular complexity index is 1650. The summed E-state index contributed by atoms with van der Waals surface area (Å²) in [7, 11) is 2.87. The highest BCUT2D eigenvalue weighted by molar-refractivity contribution is 6.31. The molecule has 4 aromatic rings. The summed E-state index contributed by atoms with van der Waals surface area (Å²) in [5, 5.41) is 7.90. The minimum absolute atomic E-state index is 0.00201.